The van der Waals surface area contributed by atoms with Gasteiger partial charge in [0.25, 0.3) is 0 Å². The number of benzene rings is 1. The van der Waals surface area contributed by atoms with Crippen LogP contribution >= 0.6 is 0 Å². The highest BCUT2D eigenvalue weighted by molar-refractivity contribution is 5.92. The molecule has 1 aromatic rings. The predicted octanol–water partition coefficient (Wildman–Crippen LogP) is 1.40. The smallest absolute Gasteiger partial charge is 0.231 e. The van der Waals surface area contributed by atoms with E-state index in [1.807, 2.05) is 13.0 Å². The number of fused-ring (bicyclic) bond motifs is 1. The first-order valence-electron chi connectivity index (χ1n) is 5.52. The van der Waals surface area contributed by atoms with Crippen LogP contribution in [-0.2, 0) is 4.79 Å². The molecule has 1 aliphatic heterocycles. The second-order valence-electron chi connectivity index (χ2n) is 4.25. The summed E-state index contributed by atoms with van der Waals surface area (Å²) in [6.45, 7) is 3.93. The van der Waals surface area contributed by atoms with E-state index in [0.29, 0.717) is 17.9 Å². The highest BCUT2D eigenvalue weighted by Crippen LogP contribution is 2.36. The number of amides is 1. The number of hydrogen-bond acceptors (Lipinski definition) is 4. The minimum Gasteiger partial charge on any atom is -0.454 e. The molecule has 0 fully saturated rings. The van der Waals surface area contributed by atoms with Crippen LogP contribution in [0.1, 0.15) is 18.9 Å². The minimum atomic E-state index is -0.149. The van der Waals surface area contributed by atoms with E-state index in [2.05, 4.69) is 5.32 Å². The largest absolute Gasteiger partial charge is 0.454 e. The molecule has 0 radical (unpaired) electrons. The van der Waals surface area contributed by atoms with Crippen molar-refractivity contribution in [1.82, 2.24) is 0 Å². The van der Waals surface area contributed by atoms with Gasteiger partial charge in [-0.1, -0.05) is 0 Å². The molecule has 1 heterocycles. The summed E-state index contributed by atoms with van der Waals surface area (Å²) in [5, 5.41) is 2.82. The number of anilines is 1. The van der Waals surface area contributed by atoms with Crippen LogP contribution in [0, 0.1) is 6.92 Å². The zero-order valence-electron chi connectivity index (χ0n) is 9.95. The van der Waals surface area contributed by atoms with Crippen molar-refractivity contribution in [2.24, 2.45) is 5.73 Å². The Kier molecular flexibility index (Phi) is 3.19. The number of carbonyl (C=O) groups is 1. The summed E-state index contributed by atoms with van der Waals surface area (Å²) in [7, 11) is 0. The summed E-state index contributed by atoms with van der Waals surface area (Å²) < 4.78 is 10.5. The third-order valence-corrected chi connectivity index (χ3v) is 2.50. The SMILES string of the molecule is Cc1cc2c(cc1NC(=O)CC(C)N)OCO2. The van der Waals surface area contributed by atoms with Gasteiger partial charge in [-0.3, -0.25) is 4.79 Å². The average Bonchev–Trinajstić information content (AvgIpc) is 2.63. The maximum Gasteiger partial charge on any atom is 0.231 e. The Hall–Kier alpha value is -1.75. The van der Waals surface area contributed by atoms with E-state index >= 15 is 0 Å². The molecule has 92 valence electrons. The van der Waals surface area contributed by atoms with Gasteiger partial charge in [-0.05, 0) is 25.5 Å². The molecule has 0 spiro atoms. The molecule has 0 bridgehead atoms. The Bertz CT molecular complexity index is 444. The molecule has 2 rings (SSSR count). The number of nitrogens with one attached hydrogen (secondary N) is 1. The summed E-state index contributed by atoms with van der Waals surface area (Å²) in [5.74, 6) is 1.28. The molecule has 5 heteroatoms. The Balaban J connectivity index is 2.13. The molecule has 17 heavy (non-hydrogen) atoms. The summed E-state index contributed by atoms with van der Waals surface area (Å²) in [6, 6.07) is 3.48. The fourth-order valence-corrected chi connectivity index (χ4v) is 1.67. The van der Waals surface area contributed by atoms with Gasteiger partial charge in [0.15, 0.2) is 11.5 Å². The van der Waals surface area contributed by atoms with Crippen LogP contribution < -0.4 is 20.5 Å². The quantitative estimate of drug-likeness (QED) is 0.832. The molecule has 3 N–H and O–H groups in total. The lowest BCUT2D eigenvalue weighted by Crippen LogP contribution is -2.24. The summed E-state index contributed by atoms with van der Waals surface area (Å²) >= 11 is 0. The van der Waals surface area contributed by atoms with Crippen molar-refractivity contribution in [3.05, 3.63) is 17.7 Å². The van der Waals surface area contributed by atoms with Gasteiger partial charge in [-0.2, -0.15) is 0 Å². The van der Waals surface area contributed by atoms with Crippen LogP contribution in [-0.4, -0.2) is 18.7 Å². The third kappa shape index (κ3) is 2.68. The Morgan fingerprint density at radius 2 is 2.12 bits per heavy atom. The van der Waals surface area contributed by atoms with Crippen LogP contribution in [0.4, 0.5) is 5.69 Å². The Morgan fingerprint density at radius 3 is 2.76 bits per heavy atom. The van der Waals surface area contributed by atoms with Crippen LogP contribution in [0.5, 0.6) is 11.5 Å². The van der Waals surface area contributed by atoms with E-state index in [1.165, 1.54) is 0 Å². The van der Waals surface area contributed by atoms with Crippen LogP contribution in [0.3, 0.4) is 0 Å². The highest BCUT2D eigenvalue weighted by atomic mass is 16.7. The van der Waals surface area contributed by atoms with Gasteiger partial charge in [0.05, 0.1) is 0 Å². The van der Waals surface area contributed by atoms with Gasteiger partial charge in [0.1, 0.15) is 0 Å². The average molecular weight is 236 g/mol. The first kappa shape index (κ1) is 11.7. The molecular formula is C12H16N2O3. The van der Waals surface area contributed by atoms with Crippen LogP contribution in [0.15, 0.2) is 12.1 Å². The standard InChI is InChI=1S/C12H16N2O3/c1-7-3-10-11(17-6-16-10)5-9(7)14-12(15)4-8(2)13/h3,5,8H,4,6,13H2,1-2H3,(H,14,15). The maximum absolute atomic E-state index is 11.6. The van der Waals surface area contributed by atoms with E-state index in [0.717, 1.165) is 11.3 Å². The van der Waals surface area contributed by atoms with E-state index in [-0.39, 0.29) is 18.7 Å². The van der Waals surface area contributed by atoms with Gasteiger partial charge < -0.3 is 20.5 Å². The number of carbonyl (C=O) groups excluding carboxylic acids is 1. The monoisotopic (exact) mass is 236 g/mol. The molecule has 0 aliphatic carbocycles. The van der Waals surface area contributed by atoms with Crippen molar-refractivity contribution < 1.29 is 14.3 Å². The molecule has 1 aliphatic rings. The molecule has 1 unspecified atom stereocenters. The van der Waals surface area contributed by atoms with E-state index < -0.39 is 0 Å². The number of ether oxygens (including phenoxy) is 2. The number of aryl methyl sites for hydroxylation is 1. The number of rotatable bonds is 3. The molecule has 0 aromatic heterocycles. The van der Waals surface area contributed by atoms with Crippen LogP contribution in [0.2, 0.25) is 0 Å². The lowest BCUT2D eigenvalue weighted by atomic mass is 10.1. The van der Waals surface area contributed by atoms with Crippen molar-refractivity contribution in [3.63, 3.8) is 0 Å². The summed E-state index contributed by atoms with van der Waals surface area (Å²) in [5.41, 5.74) is 7.24. The number of nitrogens with two attached hydrogens (primary N) is 1. The molecular weight excluding hydrogens is 220 g/mol. The Morgan fingerprint density at radius 1 is 1.47 bits per heavy atom. The lowest BCUT2D eigenvalue weighted by molar-refractivity contribution is -0.116. The molecule has 0 saturated carbocycles. The maximum atomic E-state index is 11.6. The third-order valence-electron chi connectivity index (χ3n) is 2.50. The molecule has 0 saturated heterocycles. The zero-order chi connectivity index (χ0) is 12.4. The molecule has 1 atom stereocenters. The van der Waals surface area contributed by atoms with Crippen molar-refractivity contribution in [3.8, 4) is 11.5 Å². The van der Waals surface area contributed by atoms with Crippen molar-refractivity contribution in [2.75, 3.05) is 12.1 Å². The van der Waals surface area contributed by atoms with E-state index in [1.54, 1.807) is 13.0 Å². The fraction of sp³-hybridized carbons (Fsp3) is 0.417. The predicted molar refractivity (Wildman–Crippen MR) is 64.2 cm³/mol. The lowest BCUT2D eigenvalue weighted by Gasteiger charge is -2.10. The number of hydrogen-bond donors (Lipinski definition) is 2. The van der Waals surface area contributed by atoms with Gasteiger partial charge in [-0.15, -0.1) is 0 Å². The second kappa shape index (κ2) is 4.63. The topological polar surface area (TPSA) is 73.6 Å². The van der Waals surface area contributed by atoms with Crippen molar-refractivity contribution >= 4 is 11.6 Å². The second-order valence-corrected chi connectivity index (χ2v) is 4.25. The van der Waals surface area contributed by atoms with Crippen molar-refractivity contribution in [2.45, 2.75) is 26.3 Å². The first-order chi connectivity index (χ1) is 8.06. The molecule has 5 nitrogen and oxygen atoms in total. The minimum absolute atomic E-state index is 0.0954. The molecule has 1 amide bonds. The zero-order valence-corrected chi connectivity index (χ0v) is 9.95. The first-order valence-corrected chi connectivity index (χ1v) is 5.52. The highest BCUT2D eigenvalue weighted by Gasteiger charge is 2.16. The summed E-state index contributed by atoms with van der Waals surface area (Å²) in [6.07, 6.45) is 0.299. The van der Waals surface area contributed by atoms with Gasteiger partial charge in [0.2, 0.25) is 12.7 Å². The summed E-state index contributed by atoms with van der Waals surface area (Å²) in [4.78, 5) is 11.6. The van der Waals surface area contributed by atoms with Gasteiger partial charge >= 0.3 is 0 Å². The van der Waals surface area contributed by atoms with Crippen molar-refractivity contribution in [1.29, 1.82) is 0 Å². The Labute approximate surface area is 99.9 Å². The molecule has 1 aromatic carbocycles. The van der Waals surface area contributed by atoms with Crippen LogP contribution in [0.25, 0.3) is 0 Å². The normalized spacial score (nSPS) is 14.5. The van der Waals surface area contributed by atoms with Gasteiger partial charge in [-0.25, -0.2) is 0 Å². The van der Waals surface area contributed by atoms with E-state index in [9.17, 15) is 4.79 Å². The van der Waals surface area contributed by atoms with Gasteiger partial charge in [0, 0.05) is 24.2 Å². The van der Waals surface area contributed by atoms with E-state index in [4.69, 9.17) is 15.2 Å². The fourth-order valence-electron chi connectivity index (χ4n) is 1.67.